The van der Waals surface area contributed by atoms with Crippen LogP contribution in [0.4, 0.5) is 0 Å². The zero-order valence-electron chi connectivity index (χ0n) is 23.5. The predicted octanol–water partition coefficient (Wildman–Crippen LogP) is 9.13. The number of carboxylic acid groups (broad SMARTS) is 1. The van der Waals surface area contributed by atoms with Gasteiger partial charge in [-0.05, 0) is 34.0 Å². The van der Waals surface area contributed by atoms with Gasteiger partial charge in [0.1, 0.15) is 0 Å². The molecular formula is C28H52O2OsP2. The number of carboxylic acids is 1. The quantitative estimate of drug-likeness (QED) is 0.294. The zero-order valence-corrected chi connectivity index (χ0v) is 27.9. The molecule has 33 heavy (non-hydrogen) atoms. The van der Waals surface area contributed by atoms with E-state index >= 15 is 0 Å². The normalized spacial score (nSPS) is 10.6. The van der Waals surface area contributed by atoms with Crippen LogP contribution in [-0.2, 0) is 22.9 Å². The Labute approximate surface area is 219 Å². The fraction of sp³-hybridized carbons (Fsp3) is 0.679. The molecule has 0 spiro atoms. The van der Waals surface area contributed by atoms with Gasteiger partial charge in [-0.1, -0.05) is 98.9 Å². The Bertz CT molecular complexity index is 569. The van der Waals surface area contributed by atoms with Gasteiger partial charge in [0.25, 0.3) is 5.97 Å². The molecule has 5 heteroatoms. The van der Waals surface area contributed by atoms with Crippen molar-refractivity contribution in [2.24, 2.45) is 0 Å². The molecule has 0 bridgehead atoms. The van der Waals surface area contributed by atoms with E-state index in [0.29, 0.717) is 0 Å². The molecule has 0 amide bonds. The van der Waals surface area contributed by atoms with Gasteiger partial charge in [0.2, 0.25) is 0 Å². The summed E-state index contributed by atoms with van der Waals surface area (Å²) in [5, 5.41) is 7.42. The van der Waals surface area contributed by atoms with Crippen molar-refractivity contribution in [3.63, 3.8) is 0 Å². The van der Waals surface area contributed by atoms with E-state index in [-0.39, 0.29) is 15.8 Å². The summed E-state index contributed by atoms with van der Waals surface area (Å²) < 4.78 is 2.99. The van der Waals surface area contributed by atoms with Crippen molar-refractivity contribution in [1.29, 1.82) is 0 Å². The van der Waals surface area contributed by atoms with Gasteiger partial charge in [-0.15, -0.1) is 0 Å². The van der Waals surface area contributed by atoms with Gasteiger partial charge in [-0.25, -0.2) is 0 Å². The van der Waals surface area contributed by atoms with Crippen molar-refractivity contribution in [2.75, 3.05) is 0 Å². The van der Waals surface area contributed by atoms with Crippen molar-refractivity contribution in [3.8, 4) is 0 Å². The third-order valence-corrected chi connectivity index (χ3v) is 12.1. The van der Waals surface area contributed by atoms with Crippen molar-refractivity contribution in [1.82, 2.24) is 0 Å². The third kappa shape index (κ3) is 23.4. The average molecular weight is 673 g/mol. The summed E-state index contributed by atoms with van der Waals surface area (Å²) in [6, 6.07) is 10.2. The first-order valence-corrected chi connectivity index (χ1v) is 16.4. The molecule has 1 rings (SSSR count). The molecule has 2 nitrogen and oxygen atoms in total. The predicted molar refractivity (Wildman–Crippen MR) is 154 cm³/mol. The number of carbonyl (C=O) groups is 1. The number of aliphatic carboxylic acids is 1. The summed E-state index contributed by atoms with van der Waals surface area (Å²) in [6.45, 7) is 29.3. The van der Waals surface area contributed by atoms with Crippen molar-refractivity contribution in [3.05, 3.63) is 35.9 Å². The van der Waals surface area contributed by atoms with Gasteiger partial charge in [-0.3, -0.25) is 4.79 Å². The molecule has 0 aliphatic rings. The van der Waals surface area contributed by atoms with Gasteiger partial charge in [0.15, 0.2) is 0 Å². The van der Waals surface area contributed by atoms with Crippen LogP contribution in [0.15, 0.2) is 30.3 Å². The summed E-state index contributed by atoms with van der Waals surface area (Å²) in [5.41, 5.74) is 6.60. The monoisotopic (exact) mass is 674 g/mol. The summed E-state index contributed by atoms with van der Waals surface area (Å²) >= 11 is 1.72. The fourth-order valence-electron chi connectivity index (χ4n) is 4.19. The van der Waals surface area contributed by atoms with Crippen LogP contribution >= 0.6 is 15.8 Å². The van der Waals surface area contributed by atoms with Crippen molar-refractivity contribution in [2.45, 2.75) is 124 Å². The summed E-state index contributed by atoms with van der Waals surface area (Å²) in [5.74, 6) is -0.833. The van der Waals surface area contributed by atoms with Crippen LogP contribution in [0.2, 0.25) is 0 Å². The molecule has 0 aliphatic carbocycles. The van der Waals surface area contributed by atoms with Crippen LogP contribution in [0.3, 0.4) is 0 Å². The first kappa shape index (κ1) is 37.4. The average Bonchev–Trinajstić information content (AvgIpc) is 2.61. The second-order valence-corrected chi connectivity index (χ2v) is 18.4. The summed E-state index contributed by atoms with van der Waals surface area (Å²) in [4.78, 5) is 9.00. The SMILES string of the molecule is CC(=O)O.CC(C)P(C(C)C)C(C)C.CC(C)P(C(C)C)C(C)C.[Os]=[C]=Cc1ccccc1. The molecule has 0 radical (unpaired) electrons. The number of hydrogen-bond donors (Lipinski definition) is 1. The minimum atomic E-state index is -0.833. The van der Waals surface area contributed by atoms with E-state index in [1.54, 1.807) is 18.1 Å². The van der Waals surface area contributed by atoms with Crippen molar-refractivity contribution < 1.29 is 28.0 Å². The second-order valence-electron chi connectivity index (χ2n) is 9.63. The molecule has 1 aromatic carbocycles. The Kier molecular flexibility index (Phi) is 25.3. The first-order valence-electron chi connectivity index (χ1n) is 12.1. The number of benzene rings is 1. The van der Waals surface area contributed by atoms with E-state index in [1.807, 2.05) is 24.3 Å². The first-order chi connectivity index (χ1) is 15.1. The summed E-state index contributed by atoms with van der Waals surface area (Å²) in [6.07, 6.45) is 1.97. The van der Waals surface area contributed by atoms with Gasteiger partial charge >= 0.3 is 64.3 Å². The molecule has 0 saturated carbocycles. The van der Waals surface area contributed by atoms with Crippen LogP contribution in [0.1, 0.15) is 95.6 Å². The van der Waals surface area contributed by atoms with Crippen LogP contribution in [0.5, 0.6) is 0 Å². The van der Waals surface area contributed by atoms with Crippen molar-refractivity contribution >= 4 is 32.1 Å². The molecule has 0 heterocycles. The number of hydrogen-bond acceptors (Lipinski definition) is 1. The van der Waals surface area contributed by atoms with Crippen LogP contribution in [0, 0.1) is 0 Å². The van der Waals surface area contributed by atoms with E-state index in [4.69, 9.17) is 9.90 Å². The Hall–Kier alpha value is -0.164. The topological polar surface area (TPSA) is 37.3 Å². The molecule has 0 saturated heterocycles. The molecular weight excluding hydrogens is 620 g/mol. The Balaban J connectivity index is -0.000000378. The van der Waals surface area contributed by atoms with Crippen LogP contribution in [-0.4, -0.2) is 49.3 Å². The number of rotatable bonds is 7. The Morgan fingerprint density at radius 2 is 0.970 bits per heavy atom. The van der Waals surface area contributed by atoms with E-state index in [0.717, 1.165) is 40.9 Å². The molecule has 1 N–H and O–H groups in total. The van der Waals surface area contributed by atoms with Crippen LogP contribution in [0.25, 0.3) is 6.08 Å². The van der Waals surface area contributed by atoms with E-state index in [9.17, 15) is 0 Å². The second kappa shape index (κ2) is 22.3. The van der Waals surface area contributed by atoms with Gasteiger partial charge < -0.3 is 5.11 Å². The maximum absolute atomic E-state index is 9.00. The zero-order chi connectivity index (χ0) is 26.7. The molecule has 0 aromatic heterocycles. The third-order valence-electron chi connectivity index (χ3n) is 4.59. The Morgan fingerprint density at radius 1 is 0.727 bits per heavy atom. The molecule has 0 fully saturated rings. The molecule has 1 aromatic rings. The standard InChI is InChI=1S/2C9H21P.C8H6.C2H4O2.Os/c2*1-7(2)10(8(3)4)9(5)6;1-2-8-6-4-3-5-7-8;1-2(3)4;/h2*7-9H,1-6H3;2-7H;1H3,(H,3,4);. The molecule has 194 valence electrons. The Morgan fingerprint density at radius 3 is 1.12 bits per heavy atom. The maximum atomic E-state index is 9.00. The molecule has 0 aliphatic heterocycles. The van der Waals surface area contributed by atoms with Gasteiger partial charge in [-0.2, -0.15) is 0 Å². The summed E-state index contributed by atoms with van der Waals surface area (Å²) in [7, 11) is 0.525. The van der Waals surface area contributed by atoms with Gasteiger partial charge in [0.05, 0.1) is 0 Å². The van der Waals surface area contributed by atoms with Crippen LogP contribution < -0.4 is 0 Å². The molecule has 0 unspecified atom stereocenters. The fourth-order valence-corrected chi connectivity index (χ4v) is 11.8. The van der Waals surface area contributed by atoms with E-state index in [1.165, 1.54) is 5.56 Å². The van der Waals surface area contributed by atoms with E-state index in [2.05, 4.69) is 99.4 Å². The van der Waals surface area contributed by atoms with E-state index < -0.39 is 5.97 Å². The minimum absolute atomic E-state index is 0.262. The van der Waals surface area contributed by atoms with Gasteiger partial charge in [0, 0.05) is 6.92 Å². The molecule has 0 atom stereocenters.